The van der Waals surface area contributed by atoms with Gasteiger partial charge in [0.2, 0.25) is 0 Å². The summed E-state index contributed by atoms with van der Waals surface area (Å²) in [5.74, 6) is 2.12. The maximum absolute atomic E-state index is 5.99. The molecule has 0 nitrogen and oxygen atoms in total. The third kappa shape index (κ3) is 2.84. The molecule has 0 heterocycles. The quantitative estimate of drug-likeness (QED) is 0.589. The van der Waals surface area contributed by atoms with E-state index in [2.05, 4.69) is 12.6 Å². The summed E-state index contributed by atoms with van der Waals surface area (Å²) in [7, 11) is 0. The van der Waals surface area contributed by atoms with Crippen LogP contribution in [0.25, 0.3) is 0 Å². The Balaban J connectivity index is 1.96. The molecule has 0 radical (unpaired) electrons. The van der Waals surface area contributed by atoms with Crippen LogP contribution in [0.1, 0.15) is 19.3 Å². The molecule has 16 heavy (non-hydrogen) atoms. The van der Waals surface area contributed by atoms with Crippen molar-refractivity contribution >= 4 is 47.6 Å². The fourth-order valence-corrected chi connectivity index (χ4v) is 4.00. The van der Waals surface area contributed by atoms with Crippen LogP contribution in [0.15, 0.2) is 23.1 Å². The zero-order chi connectivity index (χ0) is 11.6. The van der Waals surface area contributed by atoms with Crippen molar-refractivity contribution in [3.63, 3.8) is 0 Å². The standard InChI is InChI=1S/C12H14Cl2S2/c13-10-3-2-9(6-11(10)14)16-8-12(7-15)4-1-5-12/h2-3,6,15H,1,4-5,7-8H2. The Morgan fingerprint density at radius 2 is 2.00 bits per heavy atom. The number of thioether (sulfide) groups is 1. The van der Waals surface area contributed by atoms with Crippen LogP contribution in [0, 0.1) is 5.41 Å². The molecule has 4 heteroatoms. The minimum Gasteiger partial charge on any atom is -0.179 e. The second-order valence-electron chi connectivity index (χ2n) is 4.38. The number of benzene rings is 1. The summed E-state index contributed by atoms with van der Waals surface area (Å²) >= 11 is 18.2. The van der Waals surface area contributed by atoms with Crippen molar-refractivity contribution in [3.05, 3.63) is 28.2 Å². The van der Waals surface area contributed by atoms with Crippen LogP contribution in [0.5, 0.6) is 0 Å². The van der Waals surface area contributed by atoms with Gasteiger partial charge in [-0.25, -0.2) is 0 Å². The van der Waals surface area contributed by atoms with Gasteiger partial charge in [0.05, 0.1) is 10.0 Å². The molecule has 2 rings (SSSR count). The molecular weight excluding hydrogens is 279 g/mol. The molecule has 88 valence electrons. The Labute approximate surface area is 116 Å². The third-order valence-corrected chi connectivity index (χ3v) is 5.94. The fourth-order valence-electron chi connectivity index (χ4n) is 1.83. The highest BCUT2D eigenvalue weighted by Gasteiger charge is 2.35. The third-order valence-electron chi connectivity index (χ3n) is 3.19. The highest BCUT2D eigenvalue weighted by atomic mass is 35.5. The van der Waals surface area contributed by atoms with Crippen LogP contribution in [-0.4, -0.2) is 11.5 Å². The van der Waals surface area contributed by atoms with Crippen molar-refractivity contribution in [1.82, 2.24) is 0 Å². The highest BCUT2D eigenvalue weighted by molar-refractivity contribution is 7.99. The lowest BCUT2D eigenvalue weighted by Crippen LogP contribution is -2.33. The average molecular weight is 293 g/mol. The van der Waals surface area contributed by atoms with Crippen LogP contribution < -0.4 is 0 Å². The Morgan fingerprint density at radius 1 is 1.25 bits per heavy atom. The summed E-state index contributed by atoms with van der Waals surface area (Å²) in [4.78, 5) is 1.20. The molecule has 0 saturated heterocycles. The average Bonchev–Trinajstić information content (AvgIpc) is 2.22. The highest BCUT2D eigenvalue weighted by Crippen LogP contribution is 2.45. The van der Waals surface area contributed by atoms with E-state index in [1.165, 1.54) is 24.2 Å². The predicted molar refractivity (Wildman–Crippen MR) is 77.3 cm³/mol. The van der Waals surface area contributed by atoms with Gasteiger partial charge in [0.15, 0.2) is 0 Å². The first-order chi connectivity index (χ1) is 7.65. The van der Waals surface area contributed by atoms with Gasteiger partial charge in [-0.3, -0.25) is 0 Å². The Kier molecular flexibility index (Phi) is 4.39. The van der Waals surface area contributed by atoms with Crippen molar-refractivity contribution in [3.8, 4) is 0 Å². The van der Waals surface area contributed by atoms with E-state index in [1.54, 1.807) is 0 Å². The molecule has 0 spiro atoms. The van der Waals surface area contributed by atoms with Gasteiger partial charge in [-0.05, 0) is 42.2 Å². The molecule has 0 aliphatic heterocycles. The van der Waals surface area contributed by atoms with Crippen molar-refractivity contribution in [1.29, 1.82) is 0 Å². The van der Waals surface area contributed by atoms with Gasteiger partial charge in [-0.2, -0.15) is 12.6 Å². The van der Waals surface area contributed by atoms with Gasteiger partial charge >= 0.3 is 0 Å². The number of halogens is 2. The second-order valence-corrected chi connectivity index (χ2v) is 6.56. The van der Waals surface area contributed by atoms with E-state index in [1.807, 2.05) is 30.0 Å². The van der Waals surface area contributed by atoms with Crippen LogP contribution in [0.2, 0.25) is 10.0 Å². The first-order valence-corrected chi connectivity index (χ1v) is 7.71. The molecule has 0 N–H and O–H groups in total. The Morgan fingerprint density at radius 3 is 2.50 bits per heavy atom. The molecule has 1 aliphatic carbocycles. The zero-order valence-electron chi connectivity index (χ0n) is 8.88. The number of hydrogen-bond donors (Lipinski definition) is 1. The predicted octanol–water partition coefficient (Wildman–Crippen LogP) is 5.19. The number of rotatable bonds is 4. The lowest BCUT2D eigenvalue weighted by atomic mass is 9.72. The van der Waals surface area contributed by atoms with Crippen molar-refractivity contribution in [2.75, 3.05) is 11.5 Å². The van der Waals surface area contributed by atoms with E-state index < -0.39 is 0 Å². The topological polar surface area (TPSA) is 0 Å². The molecule has 0 bridgehead atoms. The van der Waals surface area contributed by atoms with Crippen LogP contribution >= 0.6 is 47.6 Å². The first-order valence-electron chi connectivity index (χ1n) is 5.34. The van der Waals surface area contributed by atoms with Crippen LogP contribution in [0.3, 0.4) is 0 Å². The summed E-state index contributed by atoms with van der Waals surface area (Å²) < 4.78 is 0. The molecule has 0 unspecified atom stereocenters. The van der Waals surface area contributed by atoms with E-state index >= 15 is 0 Å². The smallest absolute Gasteiger partial charge is 0.0603 e. The van der Waals surface area contributed by atoms with Gasteiger partial charge in [0, 0.05) is 10.6 Å². The molecular formula is C12H14Cl2S2. The summed E-state index contributed by atoms with van der Waals surface area (Å²) in [5, 5.41) is 1.26. The van der Waals surface area contributed by atoms with Gasteiger partial charge in [0.25, 0.3) is 0 Å². The van der Waals surface area contributed by atoms with Gasteiger partial charge in [0.1, 0.15) is 0 Å². The molecule has 1 saturated carbocycles. The van der Waals surface area contributed by atoms with Crippen molar-refractivity contribution < 1.29 is 0 Å². The molecule has 0 aromatic heterocycles. The van der Waals surface area contributed by atoms with E-state index in [-0.39, 0.29) is 0 Å². The molecule has 1 aromatic carbocycles. The normalized spacial score (nSPS) is 18.2. The summed E-state index contributed by atoms with van der Waals surface area (Å²) in [5.41, 5.74) is 0.458. The molecule has 0 atom stereocenters. The number of hydrogen-bond acceptors (Lipinski definition) is 2. The lowest BCUT2D eigenvalue weighted by Gasteiger charge is -2.40. The minimum atomic E-state index is 0.458. The monoisotopic (exact) mass is 292 g/mol. The van der Waals surface area contributed by atoms with Crippen molar-refractivity contribution in [2.45, 2.75) is 24.2 Å². The van der Waals surface area contributed by atoms with Crippen LogP contribution in [0.4, 0.5) is 0 Å². The summed E-state index contributed by atoms with van der Waals surface area (Å²) in [6.45, 7) is 0. The fraction of sp³-hybridized carbons (Fsp3) is 0.500. The Hall–Kier alpha value is 0.500. The van der Waals surface area contributed by atoms with E-state index in [0.29, 0.717) is 15.5 Å². The van der Waals surface area contributed by atoms with E-state index in [4.69, 9.17) is 23.2 Å². The second kappa shape index (κ2) is 5.43. The summed E-state index contributed by atoms with van der Waals surface area (Å²) in [6.07, 6.45) is 3.97. The maximum Gasteiger partial charge on any atom is 0.0603 e. The zero-order valence-corrected chi connectivity index (χ0v) is 12.1. The molecule has 1 fully saturated rings. The van der Waals surface area contributed by atoms with Crippen molar-refractivity contribution in [2.24, 2.45) is 5.41 Å². The largest absolute Gasteiger partial charge is 0.179 e. The first kappa shape index (κ1) is 12.9. The van der Waals surface area contributed by atoms with E-state index in [9.17, 15) is 0 Å². The van der Waals surface area contributed by atoms with Gasteiger partial charge < -0.3 is 0 Å². The number of thiol groups is 1. The molecule has 0 amide bonds. The molecule has 1 aromatic rings. The molecule has 1 aliphatic rings. The van der Waals surface area contributed by atoms with Gasteiger partial charge in [-0.15, -0.1) is 11.8 Å². The Bertz CT molecular complexity index is 370. The maximum atomic E-state index is 5.99. The minimum absolute atomic E-state index is 0.458. The van der Waals surface area contributed by atoms with Crippen LogP contribution in [-0.2, 0) is 0 Å². The van der Waals surface area contributed by atoms with E-state index in [0.717, 1.165) is 11.5 Å². The summed E-state index contributed by atoms with van der Waals surface area (Å²) in [6, 6.07) is 5.84. The SMILES string of the molecule is SCC1(CSc2ccc(Cl)c(Cl)c2)CCC1. The lowest BCUT2D eigenvalue weighted by molar-refractivity contribution is 0.205. The van der Waals surface area contributed by atoms with Gasteiger partial charge in [-0.1, -0.05) is 29.6 Å².